The molecular weight excluding hydrogens is 268 g/mol. The van der Waals surface area contributed by atoms with Crippen molar-refractivity contribution >= 4 is 11.9 Å². The zero-order valence-corrected chi connectivity index (χ0v) is 13.1. The van der Waals surface area contributed by atoms with Crippen molar-refractivity contribution in [3.8, 4) is 0 Å². The summed E-state index contributed by atoms with van der Waals surface area (Å²) in [6, 6.07) is 6.44. The van der Waals surface area contributed by atoms with Crippen LogP contribution in [-0.2, 0) is 9.47 Å². The lowest BCUT2D eigenvalue weighted by Crippen LogP contribution is -2.13. The molecule has 0 N–H and O–H groups in total. The van der Waals surface area contributed by atoms with Gasteiger partial charge in [-0.05, 0) is 38.5 Å². The summed E-state index contributed by atoms with van der Waals surface area (Å²) < 4.78 is 10.3. The fourth-order valence-electron chi connectivity index (χ4n) is 1.83. The molecular formula is C17H24O4. The van der Waals surface area contributed by atoms with Crippen LogP contribution in [0.25, 0.3) is 0 Å². The van der Waals surface area contributed by atoms with E-state index in [1.807, 2.05) is 0 Å². The number of hydrogen-bond donors (Lipinski definition) is 0. The molecule has 0 fully saturated rings. The number of esters is 2. The predicted octanol–water partition coefficient (Wildman–Crippen LogP) is 3.99. The second kappa shape index (κ2) is 9.16. The summed E-state index contributed by atoms with van der Waals surface area (Å²) in [6.45, 7) is 6.12. The summed E-state index contributed by atoms with van der Waals surface area (Å²) in [5, 5.41) is 0. The van der Waals surface area contributed by atoms with Crippen LogP contribution in [0.5, 0.6) is 0 Å². The number of carbonyl (C=O) groups excluding carboxylic acids is 2. The summed E-state index contributed by atoms with van der Waals surface area (Å²) in [6.07, 6.45) is 4.04. The molecule has 0 atom stereocenters. The fourth-order valence-corrected chi connectivity index (χ4v) is 1.83. The SMILES string of the molecule is CCCCCCOC(=O)c1cccc(C(=O)OC(C)C)c1. The van der Waals surface area contributed by atoms with Crippen molar-refractivity contribution in [3.63, 3.8) is 0 Å². The molecule has 1 aromatic carbocycles. The van der Waals surface area contributed by atoms with Crippen LogP contribution >= 0.6 is 0 Å². The van der Waals surface area contributed by atoms with E-state index in [0.717, 1.165) is 25.7 Å². The second-order valence-electron chi connectivity index (χ2n) is 5.23. The van der Waals surface area contributed by atoms with E-state index >= 15 is 0 Å². The van der Waals surface area contributed by atoms with Crippen LogP contribution in [0.15, 0.2) is 24.3 Å². The largest absolute Gasteiger partial charge is 0.462 e. The van der Waals surface area contributed by atoms with Crippen molar-refractivity contribution in [2.24, 2.45) is 0 Å². The zero-order chi connectivity index (χ0) is 15.7. The molecule has 0 radical (unpaired) electrons. The minimum atomic E-state index is -0.428. The van der Waals surface area contributed by atoms with E-state index in [1.165, 1.54) is 6.07 Å². The molecule has 0 saturated heterocycles. The van der Waals surface area contributed by atoms with Crippen LogP contribution in [0.3, 0.4) is 0 Å². The molecule has 0 saturated carbocycles. The Labute approximate surface area is 126 Å². The molecule has 4 heteroatoms. The Balaban J connectivity index is 2.54. The van der Waals surface area contributed by atoms with Crippen molar-refractivity contribution in [1.29, 1.82) is 0 Å². The lowest BCUT2D eigenvalue weighted by Gasteiger charge is -2.09. The topological polar surface area (TPSA) is 52.6 Å². The number of hydrogen-bond acceptors (Lipinski definition) is 4. The van der Waals surface area contributed by atoms with Gasteiger partial charge in [-0.2, -0.15) is 0 Å². The first-order valence-electron chi connectivity index (χ1n) is 7.52. The van der Waals surface area contributed by atoms with Gasteiger partial charge < -0.3 is 9.47 Å². The third kappa shape index (κ3) is 6.43. The van der Waals surface area contributed by atoms with Crippen molar-refractivity contribution in [2.75, 3.05) is 6.61 Å². The van der Waals surface area contributed by atoms with Crippen LogP contribution < -0.4 is 0 Å². The molecule has 0 unspecified atom stereocenters. The number of unbranched alkanes of at least 4 members (excludes halogenated alkanes) is 3. The van der Waals surface area contributed by atoms with Crippen LogP contribution in [-0.4, -0.2) is 24.6 Å². The molecule has 1 rings (SSSR count). The normalized spacial score (nSPS) is 10.5. The maximum Gasteiger partial charge on any atom is 0.338 e. The Morgan fingerprint density at radius 3 is 2.33 bits per heavy atom. The maximum absolute atomic E-state index is 11.9. The Hall–Kier alpha value is -1.84. The van der Waals surface area contributed by atoms with Crippen molar-refractivity contribution in [2.45, 2.75) is 52.6 Å². The summed E-state index contributed by atoms with van der Waals surface area (Å²) in [5.41, 5.74) is 0.743. The van der Waals surface area contributed by atoms with E-state index in [0.29, 0.717) is 17.7 Å². The fraction of sp³-hybridized carbons (Fsp3) is 0.529. The maximum atomic E-state index is 11.9. The summed E-state index contributed by atoms with van der Waals surface area (Å²) in [4.78, 5) is 23.7. The minimum absolute atomic E-state index is 0.188. The van der Waals surface area contributed by atoms with Gasteiger partial charge in [0.15, 0.2) is 0 Å². The zero-order valence-electron chi connectivity index (χ0n) is 13.1. The van der Waals surface area contributed by atoms with E-state index in [9.17, 15) is 9.59 Å². The molecule has 0 spiro atoms. The quantitative estimate of drug-likeness (QED) is 0.537. The van der Waals surface area contributed by atoms with Crippen molar-refractivity contribution in [3.05, 3.63) is 35.4 Å². The molecule has 116 valence electrons. The molecule has 0 aromatic heterocycles. The van der Waals surface area contributed by atoms with Gasteiger partial charge in [-0.25, -0.2) is 9.59 Å². The molecule has 0 aliphatic carbocycles. The van der Waals surface area contributed by atoms with Crippen molar-refractivity contribution in [1.82, 2.24) is 0 Å². The van der Waals surface area contributed by atoms with Crippen LogP contribution in [0.4, 0.5) is 0 Å². The lowest BCUT2D eigenvalue weighted by atomic mass is 10.1. The average Bonchev–Trinajstić information content (AvgIpc) is 2.46. The van der Waals surface area contributed by atoms with Gasteiger partial charge in [0.05, 0.1) is 23.8 Å². The van der Waals surface area contributed by atoms with Gasteiger partial charge in [0.1, 0.15) is 0 Å². The van der Waals surface area contributed by atoms with Gasteiger partial charge in [0, 0.05) is 0 Å². The standard InChI is InChI=1S/C17H24O4/c1-4-5-6-7-11-20-16(18)14-9-8-10-15(12-14)17(19)21-13(2)3/h8-10,12-13H,4-7,11H2,1-3H3. The smallest absolute Gasteiger partial charge is 0.338 e. The first-order valence-corrected chi connectivity index (χ1v) is 7.52. The van der Waals surface area contributed by atoms with Crippen LogP contribution in [0.2, 0.25) is 0 Å². The Kier molecular flexibility index (Phi) is 7.51. The van der Waals surface area contributed by atoms with Gasteiger partial charge in [-0.3, -0.25) is 0 Å². The monoisotopic (exact) mass is 292 g/mol. The van der Waals surface area contributed by atoms with Crippen LogP contribution in [0, 0.1) is 0 Å². The van der Waals surface area contributed by atoms with E-state index < -0.39 is 11.9 Å². The summed E-state index contributed by atoms with van der Waals surface area (Å²) >= 11 is 0. The molecule has 21 heavy (non-hydrogen) atoms. The number of rotatable bonds is 8. The molecule has 0 bridgehead atoms. The van der Waals surface area contributed by atoms with E-state index in [2.05, 4.69) is 6.92 Å². The van der Waals surface area contributed by atoms with Gasteiger partial charge in [-0.15, -0.1) is 0 Å². The third-order valence-corrected chi connectivity index (χ3v) is 2.91. The highest BCUT2D eigenvalue weighted by Gasteiger charge is 2.13. The molecule has 0 heterocycles. The van der Waals surface area contributed by atoms with E-state index in [4.69, 9.17) is 9.47 Å². The van der Waals surface area contributed by atoms with Gasteiger partial charge in [0.2, 0.25) is 0 Å². The first kappa shape index (κ1) is 17.2. The Bertz CT molecular complexity index is 466. The van der Waals surface area contributed by atoms with Crippen molar-refractivity contribution < 1.29 is 19.1 Å². The highest BCUT2D eigenvalue weighted by molar-refractivity contribution is 5.95. The van der Waals surface area contributed by atoms with Gasteiger partial charge >= 0.3 is 11.9 Å². The highest BCUT2D eigenvalue weighted by Crippen LogP contribution is 2.10. The third-order valence-electron chi connectivity index (χ3n) is 2.91. The molecule has 0 aliphatic rings. The second-order valence-corrected chi connectivity index (χ2v) is 5.23. The Morgan fingerprint density at radius 1 is 1.05 bits per heavy atom. The minimum Gasteiger partial charge on any atom is -0.462 e. The number of ether oxygens (including phenoxy) is 2. The summed E-state index contributed by atoms with van der Waals surface area (Å²) in [5.74, 6) is -0.826. The lowest BCUT2D eigenvalue weighted by molar-refractivity contribution is 0.0378. The molecule has 4 nitrogen and oxygen atoms in total. The highest BCUT2D eigenvalue weighted by atomic mass is 16.5. The average molecular weight is 292 g/mol. The predicted molar refractivity (Wildman–Crippen MR) is 81.4 cm³/mol. The Morgan fingerprint density at radius 2 is 1.71 bits per heavy atom. The van der Waals surface area contributed by atoms with E-state index in [-0.39, 0.29) is 6.10 Å². The molecule has 1 aromatic rings. The molecule has 0 amide bonds. The first-order chi connectivity index (χ1) is 10.0. The number of carbonyl (C=O) groups is 2. The number of benzene rings is 1. The van der Waals surface area contributed by atoms with Gasteiger partial charge in [0.25, 0.3) is 0 Å². The summed E-state index contributed by atoms with van der Waals surface area (Å²) in [7, 11) is 0. The van der Waals surface area contributed by atoms with E-state index in [1.54, 1.807) is 32.0 Å². The van der Waals surface area contributed by atoms with Crippen LogP contribution in [0.1, 0.15) is 67.2 Å². The molecule has 0 aliphatic heterocycles. The van der Waals surface area contributed by atoms with Gasteiger partial charge in [-0.1, -0.05) is 32.3 Å².